The molecule has 0 radical (unpaired) electrons. The van der Waals surface area contributed by atoms with E-state index in [1.165, 1.54) is 13.2 Å². The Hall–Kier alpha value is -3.86. The molecule has 3 aromatic carbocycles. The largest absolute Gasteiger partial charge is 0.489 e. The predicted octanol–water partition coefficient (Wildman–Crippen LogP) is 4.73. The zero-order valence-corrected chi connectivity index (χ0v) is 18.3. The first-order valence-electron chi connectivity index (χ1n) is 10.4. The lowest BCUT2D eigenvalue weighted by Crippen LogP contribution is -2.38. The smallest absolute Gasteiger partial charge is 0.328 e. The highest BCUT2D eigenvalue weighted by atomic mass is 16.5. The van der Waals surface area contributed by atoms with Crippen LogP contribution >= 0.6 is 0 Å². The summed E-state index contributed by atoms with van der Waals surface area (Å²) in [4.78, 5) is 24.7. The van der Waals surface area contributed by atoms with E-state index >= 15 is 0 Å². The minimum absolute atomic E-state index is 0.126. The van der Waals surface area contributed by atoms with Gasteiger partial charge >= 0.3 is 5.97 Å². The molecule has 0 aliphatic rings. The highest BCUT2D eigenvalue weighted by molar-refractivity contribution is 6.04. The van der Waals surface area contributed by atoms with Gasteiger partial charge in [0.05, 0.1) is 7.11 Å². The SMILES string of the molecule is COC(=O)[C@H](Cc1ccc(OCc2ccccc2)cc1)N/C(C)=C\C(=O)c1ccccc1. The van der Waals surface area contributed by atoms with Gasteiger partial charge in [-0.05, 0) is 30.2 Å². The number of carbonyl (C=O) groups is 2. The lowest BCUT2D eigenvalue weighted by atomic mass is 10.0. The van der Waals surface area contributed by atoms with Gasteiger partial charge in [-0.3, -0.25) is 4.79 Å². The molecule has 1 atom stereocenters. The van der Waals surface area contributed by atoms with E-state index in [0.29, 0.717) is 24.3 Å². The summed E-state index contributed by atoms with van der Waals surface area (Å²) in [7, 11) is 1.35. The molecule has 0 saturated heterocycles. The normalized spacial score (nSPS) is 12.0. The Labute approximate surface area is 188 Å². The second-order valence-corrected chi connectivity index (χ2v) is 7.40. The molecule has 164 valence electrons. The van der Waals surface area contributed by atoms with Crippen LogP contribution < -0.4 is 10.1 Å². The third-order valence-corrected chi connectivity index (χ3v) is 4.91. The Balaban J connectivity index is 1.61. The molecule has 3 rings (SSSR count). The summed E-state index contributed by atoms with van der Waals surface area (Å²) in [5.74, 6) is 0.234. The molecule has 0 aliphatic carbocycles. The number of ketones is 1. The molecule has 0 heterocycles. The minimum atomic E-state index is -0.615. The molecule has 0 unspecified atom stereocenters. The lowest BCUT2D eigenvalue weighted by molar-refractivity contribution is -0.142. The van der Waals surface area contributed by atoms with Gasteiger partial charge in [0.1, 0.15) is 18.4 Å². The summed E-state index contributed by atoms with van der Waals surface area (Å²) in [6.07, 6.45) is 1.90. The molecule has 5 nitrogen and oxygen atoms in total. The third kappa shape index (κ3) is 6.84. The van der Waals surface area contributed by atoms with Crippen LogP contribution in [0.2, 0.25) is 0 Å². The monoisotopic (exact) mass is 429 g/mol. The Morgan fingerprint density at radius 2 is 1.50 bits per heavy atom. The molecule has 0 bridgehead atoms. The molecule has 0 spiro atoms. The highest BCUT2D eigenvalue weighted by Crippen LogP contribution is 2.16. The van der Waals surface area contributed by atoms with Gasteiger partial charge in [-0.15, -0.1) is 0 Å². The van der Waals surface area contributed by atoms with E-state index in [1.54, 1.807) is 19.1 Å². The number of nitrogens with one attached hydrogen (secondary N) is 1. The standard InChI is InChI=1S/C27H27NO4/c1-20(17-26(29)23-11-7-4-8-12-23)28-25(27(30)31-2)18-21-13-15-24(16-14-21)32-19-22-9-5-3-6-10-22/h3-17,25,28H,18-19H2,1-2H3/b20-17-/t25-/m0/s1. The molecule has 5 heteroatoms. The topological polar surface area (TPSA) is 64.6 Å². The molecule has 0 aromatic heterocycles. The van der Waals surface area contributed by atoms with Crippen molar-refractivity contribution in [3.8, 4) is 5.75 Å². The number of methoxy groups -OCH3 is 1. The van der Waals surface area contributed by atoms with E-state index in [0.717, 1.165) is 16.9 Å². The predicted molar refractivity (Wildman–Crippen MR) is 124 cm³/mol. The van der Waals surface area contributed by atoms with E-state index in [2.05, 4.69) is 5.32 Å². The summed E-state index contributed by atoms with van der Waals surface area (Å²) in [6.45, 7) is 2.25. The second-order valence-electron chi connectivity index (χ2n) is 7.40. The van der Waals surface area contributed by atoms with Gasteiger partial charge < -0.3 is 14.8 Å². The average Bonchev–Trinajstić information content (AvgIpc) is 2.83. The maximum Gasteiger partial charge on any atom is 0.328 e. The van der Waals surface area contributed by atoms with Crippen LogP contribution in [0.25, 0.3) is 0 Å². The van der Waals surface area contributed by atoms with Crippen molar-refractivity contribution in [2.75, 3.05) is 7.11 Å². The maximum atomic E-state index is 12.4. The fraction of sp³-hybridized carbons (Fsp3) is 0.185. The van der Waals surface area contributed by atoms with E-state index in [9.17, 15) is 9.59 Å². The first-order valence-corrected chi connectivity index (χ1v) is 10.4. The van der Waals surface area contributed by atoms with Crippen LogP contribution in [0.3, 0.4) is 0 Å². The lowest BCUT2D eigenvalue weighted by Gasteiger charge is -2.18. The second kappa shape index (κ2) is 11.5. The zero-order valence-electron chi connectivity index (χ0n) is 18.3. The minimum Gasteiger partial charge on any atom is -0.489 e. The van der Waals surface area contributed by atoms with Crippen LogP contribution in [0.1, 0.15) is 28.4 Å². The molecular weight excluding hydrogens is 402 g/mol. The summed E-state index contributed by atoms with van der Waals surface area (Å²) in [5, 5.41) is 3.11. The number of hydrogen-bond acceptors (Lipinski definition) is 5. The highest BCUT2D eigenvalue weighted by Gasteiger charge is 2.20. The molecule has 3 aromatic rings. The Bertz CT molecular complexity index is 1040. The van der Waals surface area contributed by atoms with Gasteiger partial charge in [-0.1, -0.05) is 72.8 Å². The summed E-state index contributed by atoms with van der Waals surface area (Å²) < 4.78 is 10.8. The zero-order chi connectivity index (χ0) is 22.8. The van der Waals surface area contributed by atoms with E-state index in [-0.39, 0.29) is 5.78 Å². The van der Waals surface area contributed by atoms with E-state index < -0.39 is 12.0 Å². The van der Waals surface area contributed by atoms with Crippen molar-refractivity contribution in [2.24, 2.45) is 0 Å². The van der Waals surface area contributed by atoms with Crippen LogP contribution in [-0.4, -0.2) is 24.9 Å². The van der Waals surface area contributed by atoms with E-state index in [4.69, 9.17) is 9.47 Å². The van der Waals surface area contributed by atoms with Crippen LogP contribution in [-0.2, 0) is 22.6 Å². The average molecular weight is 430 g/mol. The fourth-order valence-corrected chi connectivity index (χ4v) is 3.23. The first-order chi connectivity index (χ1) is 15.5. The van der Waals surface area contributed by atoms with Gasteiger partial charge in [0.2, 0.25) is 0 Å². The molecule has 0 fully saturated rings. The van der Waals surface area contributed by atoms with Gasteiger partial charge in [0.15, 0.2) is 5.78 Å². The number of rotatable bonds is 10. The Morgan fingerprint density at radius 3 is 2.12 bits per heavy atom. The Kier molecular flexibility index (Phi) is 8.21. The van der Waals surface area contributed by atoms with Crippen molar-refractivity contribution in [2.45, 2.75) is 26.0 Å². The van der Waals surface area contributed by atoms with Gasteiger partial charge in [-0.2, -0.15) is 0 Å². The molecule has 32 heavy (non-hydrogen) atoms. The molecule has 0 amide bonds. The van der Waals surface area contributed by atoms with Crippen molar-refractivity contribution >= 4 is 11.8 Å². The number of carbonyl (C=O) groups excluding carboxylic acids is 2. The summed E-state index contributed by atoms with van der Waals surface area (Å²) in [5.41, 5.74) is 3.23. The number of hydrogen-bond donors (Lipinski definition) is 1. The first kappa shape index (κ1) is 22.8. The summed E-state index contributed by atoms with van der Waals surface area (Å²) >= 11 is 0. The van der Waals surface area contributed by atoms with Crippen molar-refractivity contribution < 1.29 is 19.1 Å². The Morgan fingerprint density at radius 1 is 0.875 bits per heavy atom. The van der Waals surface area contributed by atoms with Crippen molar-refractivity contribution in [1.82, 2.24) is 5.32 Å². The summed E-state index contributed by atoms with van der Waals surface area (Å²) in [6, 6.07) is 25.9. The quantitative estimate of drug-likeness (QED) is 0.287. The molecule has 1 N–H and O–H groups in total. The van der Waals surface area contributed by atoms with Gasteiger partial charge in [-0.25, -0.2) is 4.79 Å². The van der Waals surface area contributed by atoms with Gasteiger partial charge in [0, 0.05) is 23.8 Å². The van der Waals surface area contributed by atoms with Crippen LogP contribution in [0.4, 0.5) is 0 Å². The van der Waals surface area contributed by atoms with Crippen molar-refractivity contribution in [3.63, 3.8) is 0 Å². The van der Waals surface area contributed by atoms with Crippen molar-refractivity contribution in [3.05, 3.63) is 113 Å². The van der Waals surface area contributed by atoms with Crippen LogP contribution in [0, 0.1) is 0 Å². The number of allylic oxidation sites excluding steroid dienone is 2. The van der Waals surface area contributed by atoms with Crippen LogP contribution in [0.5, 0.6) is 5.75 Å². The third-order valence-electron chi connectivity index (χ3n) is 4.91. The van der Waals surface area contributed by atoms with Gasteiger partial charge in [0.25, 0.3) is 0 Å². The molecular formula is C27H27NO4. The molecule has 0 saturated carbocycles. The number of ether oxygens (including phenoxy) is 2. The van der Waals surface area contributed by atoms with E-state index in [1.807, 2.05) is 72.8 Å². The number of benzene rings is 3. The van der Waals surface area contributed by atoms with Crippen molar-refractivity contribution in [1.29, 1.82) is 0 Å². The van der Waals surface area contributed by atoms with Crippen LogP contribution in [0.15, 0.2) is 96.7 Å². The fourth-order valence-electron chi connectivity index (χ4n) is 3.23. The maximum absolute atomic E-state index is 12.4. The molecule has 0 aliphatic heterocycles. The number of esters is 1.